The number of aliphatic imine (C=N–C) groups is 1. The number of amides is 8. The Morgan fingerprint density at radius 2 is 1.17 bits per heavy atom. The number of benzene rings is 1. The van der Waals surface area contributed by atoms with Crippen molar-refractivity contribution in [1.29, 1.82) is 5.41 Å². The summed E-state index contributed by atoms with van der Waals surface area (Å²) in [5.41, 5.74) is 23.7. The lowest BCUT2D eigenvalue weighted by atomic mass is 9.98. The van der Waals surface area contributed by atoms with Crippen molar-refractivity contribution in [2.24, 2.45) is 51.6 Å². The number of carbonyl (C=O) groups excluding carboxylic acids is 8. The molecule has 22 heteroatoms. The van der Waals surface area contributed by atoms with Crippen LogP contribution in [0.15, 0.2) is 29.3 Å². The van der Waals surface area contributed by atoms with Gasteiger partial charge in [0.2, 0.25) is 47.3 Å². The molecule has 1 heterocycles. The van der Waals surface area contributed by atoms with Crippen molar-refractivity contribution in [3.63, 3.8) is 0 Å². The van der Waals surface area contributed by atoms with Crippen LogP contribution >= 0.6 is 0 Å². The Hall–Kier alpha value is -6.32. The van der Waals surface area contributed by atoms with Gasteiger partial charge in [0.25, 0.3) is 0 Å². The molecule has 1 aromatic carbocycles. The van der Waals surface area contributed by atoms with Crippen LogP contribution in [-0.4, -0.2) is 126 Å². The highest BCUT2D eigenvalue weighted by Crippen LogP contribution is 2.22. The largest absolute Gasteiger partial charge is 0.384 e. The summed E-state index contributed by atoms with van der Waals surface area (Å²) in [6.07, 6.45) is 3.26. The van der Waals surface area contributed by atoms with Gasteiger partial charge in [0, 0.05) is 32.1 Å². The monoisotopic (exact) mass is 1010 g/mol. The number of nitrogen functional groups attached to an aromatic ring is 1. The molecule has 0 unspecified atom stereocenters. The summed E-state index contributed by atoms with van der Waals surface area (Å²) < 4.78 is 0. The van der Waals surface area contributed by atoms with Crippen LogP contribution in [0.25, 0.3) is 0 Å². The van der Waals surface area contributed by atoms with Crippen LogP contribution in [0, 0.1) is 29.1 Å². The average molecular weight is 1010 g/mol. The van der Waals surface area contributed by atoms with E-state index < -0.39 is 89.6 Å². The predicted molar refractivity (Wildman–Crippen MR) is 277 cm³/mol. The van der Waals surface area contributed by atoms with Crippen LogP contribution in [0.4, 0.5) is 0 Å². The lowest BCUT2D eigenvalue weighted by Gasteiger charge is -2.32. The van der Waals surface area contributed by atoms with E-state index in [1.54, 1.807) is 38.1 Å². The maximum Gasteiger partial charge on any atom is 0.245 e. The molecule has 0 aromatic heterocycles. The molecule has 0 radical (unpaired) electrons. The van der Waals surface area contributed by atoms with Gasteiger partial charge >= 0.3 is 0 Å². The third-order valence-corrected chi connectivity index (χ3v) is 12.0. The number of hydrogen-bond donors (Lipinski definition) is 12. The molecular formula is C50H86N14O8. The van der Waals surface area contributed by atoms with E-state index in [-0.39, 0.29) is 93.6 Å². The second kappa shape index (κ2) is 31.2. The molecule has 2 rings (SSSR count). The van der Waals surface area contributed by atoms with Crippen molar-refractivity contribution < 1.29 is 38.4 Å². The molecule has 0 aliphatic carbocycles. The van der Waals surface area contributed by atoms with Gasteiger partial charge in [-0.1, -0.05) is 79.7 Å². The van der Waals surface area contributed by atoms with Gasteiger partial charge in [-0.05, 0) is 100.0 Å². The maximum atomic E-state index is 14.5. The zero-order valence-electron chi connectivity index (χ0n) is 44.0. The number of guanidine groups is 1. The Bertz CT molecular complexity index is 2010. The SMILES string of the molecule is CC(=O)N[C@@H](CC(C)C)C(=O)N[C@@H](CC(C)C)C(=O)N[C@@H](CC(C)C)C(=O)N1CCC[C@H]1C(=O)N[C@@H](CCCN=C(N)N)C(=O)N[C@H](C(=O)N[C@@H](CCCCN)C(=O)NCc1ccc(C(=N)N)cc1)C(C)C. The summed E-state index contributed by atoms with van der Waals surface area (Å²) in [5, 5.41) is 27.3. The number of rotatable bonds is 31. The average Bonchev–Trinajstić information content (AvgIpc) is 3.79. The van der Waals surface area contributed by atoms with Crippen LogP contribution in [0.1, 0.15) is 138 Å². The molecule has 7 atom stereocenters. The first-order valence-electron chi connectivity index (χ1n) is 25.4. The number of amidine groups is 1. The highest BCUT2D eigenvalue weighted by Gasteiger charge is 2.40. The molecule has 0 bridgehead atoms. The minimum atomic E-state index is -1.21. The number of hydrogen-bond acceptors (Lipinski definition) is 11. The van der Waals surface area contributed by atoms with Gasteiger partial charge in [-0.15, -0.1) is 0 Å². The van der Waals surface area contributed by atoms with Crippen molar-refractivity contribution >= 4 is 59.1 Å². The number of nitrogens with one attached hydrogen (secondary N) is 8. The van der Waals surface area contributed by atoms with E-state index in [1.807, 2.05) is 41.5 Å². The zero-order valence-corrected chi connectivity index (χ0v) is 44.0. The van der Waals surface area contributed by atoms with Gasteiger partial charge in [0.1, 0.15) is 48.1 Å². The maximum absolute atomic E-state index is 14.5. The summed E-state index contributed by atoms with van der Waals surface area (Å²) in [7, 11) is 0. The van der Waals surface area contributed by atoms with Crippen molar-refractivity contribution in [2.45, 2.75) is 175 Å². The summed E-state index contributed by atoms with van der Waals surface area (Å²) in [6.45, 7) is 17.0. The molecule has 1 fully saturated rings. The molecule has 404 valence electrons. The van der Waals surface area contributed by atoms with Gasteiger partial charge in [0.05, 0.1) is 0 Å². The van der Waals surface area contributed by atoms with E-state index in [2.05, 4.69) is 42.2 Å². The minimum absolute atomic E-state index is 0.0307. The predicted octanol–water partition coefficient (Wildman–Crippen LogP) is 0.483. The topological polar surface area (TPSA) is 364 Å². The first-order chi connectivity index (χ1) is 33.8. The van der Waals surface area contributed by atoms with Crippen LogP contribution in [0.2, 0.25) is 0 Å². The van der Waals surface area contributed by atoms with Crippen LogP contribution < -0.4 is 60.2 Å². The molecule has 72 heavy (non-hydrogen) atoms. The highest BCUT2D eigenvalue weighted by atomic mass is 16.2. The summed E-state index contributed by atoms with van der Waals surface area (Å²) >= 11 is 0. The van der Waals surface area contributed by atoms with Gasteiger partial charge in [0.15, 0.2) is 5.96 Å². The fourth-order valence-corrected chi connectivity index (χ4v) is 8.36. The lowest BCUT2D eigenvalue weighted by molar-refractivity contribution is -0.143. The minimum Gasteiger partial charge on any atom is -0.384 e. The number of likely N-dealkylation sites (tertiary alicyclic amines) is 1. The quantitative estimate of drug-likeness (QED) is 0.0275. The molecular weight excluding hydrogens is 925 g/mol. The molecule has 1 saturated heterocycles. The van der Waals surface area contributed by atoms with Crippen molar-refractivity contribution in [3.05, 3.63) is 35.4 Å². The number of nitrogens with two attached hydrogens (primary N) is 4. The highest BCUT2D eigenvalue weighted by molar-refractivity contribution is 5.98. The number of nitrogens with zero attached hydrogens (tertiary/aromatic N) is 2. The Balaban J connectivity index is 2.35. The van der Waals surface area contributed by atoms with Crippen LogP contribution in [0.3, 0.4) is 0 Å². The van der Waals surface area contributed by atoms with Crippen molar-refractivity contribution in [1.82, 2.24) is 42.1 Å². The van der Waals surface area contributed by atoms with Gasteiger partial charge in [-0.25, -0.2) is 0 Å². The van der Waals surface area contributed by atoms with E-state index in [0.29, 0.717) is 37.8 Å². The van der Waals surface area contributed by atoms with Gasteiger partial charge in [-0.2, -0.15) is 0 Å². The molecule has 1 aliphatic heterocycles. The normalized spacial score (nSPS) is 15.9. The lowest BCUT2D eigenvalue weighted by Crippen LogP contribution is -2.60. The van der Waals surface area contributed by atoms with E-state index in [4.69, 9.17) is 28.3 Å². The van der Waals surface area contributed by atoms with Crippen molar-refractivity contribution in [3.8, 4) is 0 Å². The number of carbonyl (C=O) groups is 8. The smallest absolute Gasteiger partial charge is 0.245 e. The molecule has 1 aromatic rings. The van der Waals surface area contributed by atoms with Gasteiger partial charge < -0.3 is 65.1 Å². The molecule has 0 saturated carbocycles. The molecule has 8 amide bonds. The molecule has 22 nitrogen and oxygen atoms in total. The first-order valence-corrected chi connectivity index (χ1v) is 25.4. The second-order valence-electron chi connectivity index (χ2n) is 20.4. The molecule has 16 N–H and O–H groups in total. The van der Waals surface area contributed by atoms with Crippen molar-refractivity contribution in [2.75, 3.05) is 19.6 Å². The summed E-state index contributed by atoms with van der Waals surface area (Å²) in [6, 6.07) is -0.488. The van der Waals surface area contributed by atoms with Crippen LogP contribution in [0.5, 0.6) is 0 Å². The first kappa shape index (κ1) is 61.8. The third kappa shape index (κ3) is 22.0. The Kier molecular flexibility index (Phi) is 26.8. The molecule has 1 aliphatic rings. The summed E-state index contributed by atoms with van der Waals surface area (Å²) in [4.78, 5) is 116. The Morgan fingerprint density at radius 1 is 0.653 bits per heavy atom. The van der Waals surface area contributed by atoms with Gasteiger partial charge in [-0.3, -0.25) is 48.8 Å². The Labute approximate surface area is 425 Å². The van der Waals surface area contributed by atoms with E-state index in [0.717, 1.165) is 5.56 Å². The van der Waals surface area contributed by atoms with E-state index >= 15 is 0 Å². The zero-order chi connectivity index (χ0) is 54.2. The van der Waals surface area contributed by atoms with E-state index in [9.17, 15) is 38.4 Å². The van der Waals surface area contributed by atoms with Crippen LogP contribution in [-0.2, 0) is 44.9 Å². The standard InChI is InChI=1S/C50H86N14O8/c1-28(2)24-37(58-32(9)65)45(68)61-38(25-29(3)4)46(69)62-39(26-30(5)6)49(72)64-23-13-16-40(64)47(70)59-36(15-12-22-56-50(54)55)44(67)63-41(31(7)8)48(71)60-35(14-10-11-21-51)43(66)57-27-33-17-19-34(20-18-33)42(52)53/h17-20,28-31,35-41H,10-16,21-27,51H2,1-9H3,(H3,52,53)(H,57,66)(H,58,65)(H,59,70)(H,60,71)(H,61,68)(H,62,69)(H,63,67)(H4,54,55,56)/t35-,36-,37-,38-,39-,40-,41-/m0/s1. The fraction of sp³-hybridized carbons (Fsp3) is 0.680. The fourth-order valence-electron chi connectivity index (χ4n) is 8.36. The third-order valence-electron chi connectivity index (χ3n) is 12.0. The molecule has 0 spiro atoms. The number of unbranched alkanes of at least 4 members (excludes halogenated alkanes) is 1. The Morgan fingerprint density at radius 3 is 1.69 bits per heavy atom. The second-order valence-corrected chi connectivity index (χ2v) is 20.4. The summed E-state index contributed by atoms with van der Waals surface area (Å²) in [5.74, 6) is -5.10. The van der Waals surface area contributed by atoms with E-state index in [1.165, 1.54) is 11.8 Å².